The van der Waals surface area contributed by atoms with E-state index < -0.39 is 12.1 Å². The minimum absolute atomic E-state index is 0.0322. The molecule has 0 heterocycles. The number of hydrogen-bond acceptors (Lipinski definition) is 3. The molecule has 3 atom stereocenters. The molecule has 0 saturated heterocycles. The summed E-state index contributed by atoms with van der Waals surface area (Å²) in [6.45, 7) is 4.29. The van der Waals surface area contributed by atoms with Crippen LogP contribution in [0.25, 0.3) is 0 Å². The molecule has 0 aromatic rings. The summed E-state index contributed by atoms with van der Waals surface area (Å²) in [7, 11) is 0. The second-order valence-electron chi connectivity index (χ2n) is 7.54. The van der Waals surface area contributed by atoms with E-state index in [9.17, 15) is 15.0 Å². The first-order valence-electron chi connectivity index (χ1n) is 10.5. The van der Waals surface area contributed by atoms with Crippen LogP contribution in [0, 0.1) is 5.92 Å². The molecular weight excluding hydrogens is 328 g/mol. The molecule has 0 unspecified atom stereocenters. The fourth-order valence-electron chi connectivity index (χ4n) is 3.83. The van der Waals surface area contributed by atoms with Crippen molar-refractivity contribution in [3.05, 3.63) is 23.3 Å². The van der Waals surface area contributed by atoms with Crippen LogP contribution in [0.1, 0.15) is 90.9 Å². The van der Waals surface area contributed by atoms with Gasteiger partial charge in [-0.2, -0.15) is 0 Å². The molecule has 0 bridgehead atoms. The van der Waals surface area contributed by atoms with Crippen LogP contribution in [0.3, 0.4) is 0 Å². The monoisotopic (exact) mass is 366 g/mol. The Morgan fingerprint density at radius 2 is 1.88 bits per heavy atom. The Balaban J connectivity index is 2.51. The van der Waals surface area contributed by atoms with Gasteiger partial charge in [-0.3, -0.25) is 4.79 Å². The van der Waals surface area contributed by atoms with Gasteiger partial charge in [0.15, 0.2) is 0 Å². The van der Waals surface area contributed by atoms with Crippen LogP contribution in [0.4, 0.5) is 0 Å². The number of rotatable bonds is 14. The highest BCUT2D eigenvalue weighted by molar-refractivity contribution is 5.66. The third-order valence-corrected chi connectivity index (χ3v) is 5.38. The molecule has 3 N–H and O–H groups in total. The van der Waals surface area contributed by atoms with Crippen LogP contribution in [-0.2, 0) is 4.79 Å². The van der Waals surface area contributed by atoms with Gasteiger partial charge in [0.1, 0.15) is 0 Å². The van der Waals surface area contributed by atoms with Crippen LogP contribution in [0.15, 0.2) is 23.3 Å². The van der Waals surface area contributed by atoms with Gasteiger partial charge in [-0.1, -0.05) is 69.2 Å². The highest BCUT2D eigenvalue weighted by Crippen LogP contribution is 2.38. The molecule has 4 nitrogen and oxygen atoms in total. The molecule has 0 amide bonds. The van der Waals surface area contributed by atoms with Crippen molar-refractivity contribution in [2.24, 2.45) is 5.92 Å². The van der Waals surface area contributed by atoms with E-state index in [0.717, 1.165) is 70.6 Å². The zero-order valence-corrected chi connectivity index (χ0v) is 16.6. The predicted octanol–water partition coefficient (Wildman–Crippen LogP) is 5.00. The van der Waals surface area contributed by atoms with Crippen molar-refractivity contribution in [3.8, 4) is 0 Å². The minimum atomic E-state index is -0.720. The van der Waals surface area contributed by atoms with Crippen LogP contribution in [0.2, 0.25) is 0 Å². The maximum absolute atomic E-state index is 10.5. The van der Waals surface area contributed by atoms with Crippen molar-refractivity contribution in [2.75, 3.05) is 0 Å². The van der Waals surface area contributed by atoms with E-state index in [1.54, 1.807) is 0 Å². The summed E-state index contributed by atoms with van der Waals surface area (Å²) in [6, 6.07) is 0. The van der Waals surface area contributed by atoms with E-state index in [2.05, 4.69) is 13.8 Å². The standard InChI is InChI=1S/C22H38O4/c1-3-5-8-11-18(23)14-15-20-19(17(4-2)16-21(20)24)12-9-6-7-10-13-22(25)26/h14-15,18,20-21,23-24H,3-13,16H2,1-2H3,(H,25,26)/t18-,20+,21+/m0/s1. The number of aliphatic hydroxyl groups excluding tert-OH is 2. The maximum Gasteiger partial charge on any atom is 0.303 e. The van der Waals surface area contributed by atoms with Gasteiger partial charge in [0.2, 0.25) is 0 Å². The molecule has 0 saturated carbocycles. The molecule has 26 heavy (non-hydrogen) atoms. The summed E-state index contributed by atoms with van der Waals surface area (Å²) in [6.07, 6.45) is 13.9. The van der Waals surface area contributed by atoms with Gasteiger partial charge in [0.05, 0.1) is 12.2 Å². The topological polar surface area (TPSA) is 77.8 Å². The van der Waals surface area contributed by atoms with Crippen LogP contribution in [0.5, 0.6) is 0 Å². The number of unbranched alkanes of at least 4 members (excludes halogenated alkanes) is 5. The first-order chi connectivity index (χ1) is 12.5. The lowest BCUT2D eigenvalue weighted by molar-refractivity contribution is -0.137. The Labute approximate surface area is 159 Å². The summed E-state index contributed by atoms with van der Waals surface area (Å²) in [4.78, 5) is 10.5. The average Bonchev–Trinajstić information content (AvgIpc) is 2.91. The smallest absolute Gasteiger partial charge is 0.303 e. The molecule has 0 aromatic carbocycles. The first kappa shape index (κ1) is 22.9. The molecule has 1 aliphatic rings. The molecule has 4 heteroatoms. The Morgan fingerprint density at radius 1 is 1.15 bits per heavy atom. The van der Waals surface area contributed by atoms with Gasteiger partial charge in [-0.05, 0) is 38.5 Å². The van der Waals surface area contributed by atoms with Gasteiger partial charge in [0, 0.05) is 12.3 Å². The fraction of sp³-hybridized carbons (Fsp3) is 0.773. The Morgan fingerprint density at radius 3 is 2.54 bits per heavy atom. The normalized spacial score (nSPS) is 21.7. The average molecular weight is 367 g/mol. The van der Waals surface area contributed by atoms with Gasteiger partial charge >= 0.3 is 5.97 Å². The predicted molar refractivity (Wildman–Crippen MR) is 106 cm³/mol. The second kappa shape index (κ2) is 13.1. The highest BCUT2D eigenvalue weighted by atomic mass is 16.4. The van der Waals surface area contributed by atoms with Crippen molar-refractivity contribution >= 4 is 5.97 Å². The third-order valence-electron chi connectivity index (χ3n) is 5.38. The summed E-state index contributed by atoms with van der Waals surface area (Å²) < 4.78 is 0. The van der Waals surface area contributed by atoms with E-state index >= 15 is 0 Å². The van der Waals surface area contributed by atoms with Gasteiger partial charge in [0.25, 0.3) is 0 Å². The van der Waals surface area contributed by atoms with Gasteiger partial charge in [-0.15, -0.1) is 0 Å². The lowest BCUT2D eigenvalue weighted by atomic mass is 9.92. The Bertz CT molecular complexity index is 467. The zero-order chi connectivity index (χ0) is 19.4. The third kappa shape index (κ3) is 8.50. The SMILES string of the molecule is CCCCC[C@H](O)C=C[C@@H]1C(CCCCCCC(=O)O)=C(CC)C[C@H]1O. The number of hydrogen-bond donors (Lipinski definition) is 3. The lowest BCUT2D eigenvalue weighted by Gasteiger charge is -2.16. The summed E-state index contributed by atoms with van der Waals surface area (Å²) in [5.41, 5.74) is 2.70. The van der Waals surface area contributed by atoms with Crippen molar-refractivity contribution in [2.45, 2.75) is 103 Å². The van der Waals surface area contributed by atoms with E-state index in [4.69, 9.17) is 5.11 Å². The molecular formula is C22H38O4. The molecule has 0 aliphatic heterocycles. The van der Waals surface area contributed by atoms with Crippen LogP contribution in [-0.4, -0.2) is 33.5 Å². The Hall–Kier alpha value is -1.13. The zero-order valence-electron chi connectivity index (χ0n) is 16.6. The molecule has 0 aromatic heterocycles. The molecule has 150 valence electrons. The van der Waals surface area contributed by atoms with Gasteiger partial charge < -0.3 is 15.3 Å². The largest absolute Gasteiger partial charge is 0.481 e. The maximum atomic E-state index is 10.5. The van der Waals surface area contributed by atoms with Crippen molar-refractivity contribution in [3.63, 3.8) is 0 Å². The Kier molecular flexibility index (Phi) is 11.5. The van der Waals surface area contributed by atoms with Crippen molar-refractivity contribution in [1.82, 2.24) is 0 Å². The molecule has 1 aliphatic carbocycles. The van der Waals surface area contributed by atoms with Crippen molar-refractivity contribution in [1.29, 1.82) is 0 Å². The second-order valence-corrected chi connectivity index (χ2v) is 7.54. The van der Waals surface area contributed by atoms with E-state index in [0.29, 0.717) is 0 Å². The molecule has 0 fully saturated rings. The van der Waals surface area contributed by atoms with E-state index in [1.807, 2.05) is 12.2 Å². The summed E-state index contributed by atoms with van der Waals surface area (Å²) >= 11 is 0. The van der Waals surface area contributed by atoms with E-state index in [-0.39, 0.29) is 18.4 Å². The summed E-state index contributed by atoms with van der Waals surface area (Å²) in [5.74, 6) is -0.688. The highest BCUT2D eigenvalue weighted by Gasteiger charge is 2.30. The number of carboxylic acid groups (broad SMARTS) is 1. The molecule has 1 rings (SSSR count). The summed E-state index contributed by atoms with van der Waals surface area (Å²) in [5, 5.41) is 29.2. The number of aliphatic hydroxyl groups is 2. The lowest BCUT2D eigenvalue weighted by Crippen LogP contribution is -2.15. The fourth-order valence-corrected chi connectivity index (χ4v) is 3.83. The number of carbonyl (C=O) groups is 1. The minimum Gasteiger partial charge on any atom is -0.481 e. The van der Waals surface area contributed by atoms with Crippen LogP contribution < -0.4 is 0 Å². The number of aliphatic carboxylic acids is 1. The van der Waals surface area contributed by atoms with Gasteiger partial charge in [-0.25, -0.2) is 0 Å². The molecule has 0 radical (unpaired) electrons. The quantitative estimate of drug-likeness (QED) is 0.299. The van der Waals surface area contributed by atoms with Crippen LogP contribution >= 0.6 is 0 Å². The number of carboxylic acids is 1. The van der Waals surface area contributed by atoms with Crippen molar-refractivity contribution < 1.29 is 20.1 Å². The molecule has 0 spiro atoms. The first-order valence-corrected chi connectivity index (χ1v) is 10.5. The van der Waals surface area contributed by atoms with E-state index in [1.165, 1.54) is 11.1 Å².